The van der Waals surface area contributed by atoms with E-state index in [0.717, 1.165) is 0 Å². The van der Waals surface area contributed by atoms with Crippen LogP contribution in [0.25, 0.3) is 21.9 Å². The molecular weight excluding hydrogens is 328 g/mol. The maximum atomic E-state index is 13.1. The van der Waals surface area contributed by atoms with E-state index in [2.05, 4.69) is 0 Å². The van der Waals surface area contributed by atoms with Gasteiger partial charge in [-0.15, -0.1) is 0 Å². The Morgan fingerprint density at radius 3 is 2.28 bits per heavy atom. The molecular formula is C18H16O7. The molecule has 0 aliphatic rings. The monoisotopic (exact) mass is 344 g/mol. The number of carbonyl (C=O) groups excluding carboxylic acids is 1. The second-order valence-corrected chi connectivity index (χ2v) is 5.20. The third-order valence-corrected chi connectivity index (χ3v) is 3.71. The van der Waals surface area contributed by atoms with Crippen LogP contribution < -0.4 is 24.4 Å². The fourth-order valence-electron chi connectivity index (χ4n) is 2.68. The molecule has 0 aliphatic carbocycles. The number of carbonyl (C=O) groups is 1. The van der Waals surface area contributed by atoms with Crippen molar-refractivity contribution in [1.29, 1.82) is 0 Å². The molecule has 0 fully saturated rings. The molecule has 7 nitrogen and oxygen atoms in total. The van der Waals surface area contributed by atoms with Gasteiger partial charge in [0, 0.05) is 19.1 Å². The molecule has 130 valence electrons. The fourth-order valence-corrected chi connectivity index (χ4v) is 2.68. The molecule has 3 rings (SSSR count). The molecule has 0 amide bonds. The van der Waals surface area contributed by atoms with Crippen molar-refractivity contribution >= 4 is 27.9 Å². The van der Waals surface area contributed by atoms with Crippen molar-refractivity contribution in [2.24, 2.45) is 0 Å². The van der Waals surface area contributed by atoms with Gasteiger partial charge in [0.25, 0.3) is 0 Å². The first-order chi connectivity index (χ1) is 12.0. The number of rotatable bonds is 4. The summed E-state index contributed by atoms with van der Waals surface area (Å²) < 4.78 is 26.7. The largest absolute Gasteiger partial charge is 0.496 e. The molecule has 1 aromatic heterocycles. The lowest BCUT2D eigenvalue weighted by Crippen LogP contribution is -2.09. The minimum atomic E-state index is -0.523. The summed E-state index contributed by atoms with van der Waals surface area (Å²) in [6, 6.07) is 6.25. The maximum Gasteiger partial charge on any atom is 0.308 e. The highest BCUT2D eigenvalue weighted by atomic mass is 16.6. The molecule has 7 heteroatoms. The minimum absolute atomic E-state index is 0.126. The van der Waals surface area contributed by atoms with Crippen molar-refractivity contribution in [3.05, 3.63) is 34.5 Å². The second kappa shape index (κ2) is 6.35. The Morgan fingerprint density at radius 2 is 1.68 bits per heavy atom. The lowest BCUT2D eigenvalue weighted by Gasteiger charge is -2.12. The van der Waals surface area contributed by atoms with E-state index in [4.69, 9.17) is 23.4 Å². The first-order valence-corrected chi connectivity index (χ1v) is 7.38. The van der Waals surface area contributed by atoms with Crippen LogP contribution in [0.15, 0.2) is 33.5 Å². The molecule has 0 atom stereocenters. The predicted molar refractivity (Wildman–Crippen MR) is 91.0 cm³/mol. The number of benzene rings is 2. The zero-order valence-electron chi connectivity index (χ0n) is 14.2. The molecule has 0 N–H and O–H groups in total. The van der Waals surface area contributed by atoms with Crippen LogP contribution in [0, 0.1) is 0 Å². The quantitative estimate of drug-likeness (QED) is 0.409. The maximum absolute atomic E-state index is 13.1. The summed E-state index contributed by atoms with van der Waals surface area (Å²) in [6.45, 7) is 1.27. The van der Waals surface area contributed by atoms with Gasteiger partial charge in [-0.05, 0) is 12.1 Å². The summed E-state index contributed by atoms with van der Waals surface area (Å²) in [5.41, 5.74) is 0.248. The van der Waals surface area contributed by atoms with Gasteiger partial charge in [-0.1, -0.05) is 0 Å². The summed E-state index contributed by atoms with van der Waals surface area (Å²) >= 11 is 0. The van der Waals surface area contributed by atoms with E-state index in [1.54, 1.807) is 18.2 Å². The average Bonchev–Trinajstić information content (AvgIpc) is 2.60. The fraction of sp³-hybridized carbons (Fsp3) is 0.222. The number of fused-ring (bicyclic) bond motifs is 2. The third kappa shape index (κ3) is 2.73. The van der Waals surface area contributed by atoms with Crippen LogP contribution in [0.3, 0.4) is 0 Å². The normalized spacial score (nSPS) is 10.7. The van der Waals surface area contributed by atoms with Gasteiger partial charge in [-0.25, -0.2) is 0 Å². The van der Waals surface area contributed by atoms with Gasteiger partial charge in [0.1, 0.15) is 33.4 Å². The second-order valence-electron chi connectivity index (χ2n) is 5.20. The van der Waals surface area contributed by atoms with Crippen molar-refractivity contribution < 1.29 is 28.2 Å². The first-order valence-electron chi connectivity index (χ1n) is 7.38. The van der Waals surface area contributed by atoms with Crippen LogP contribution in [0.4, 0.5) is 0 Å². The van der Waals surface area contributed by atoms with Crippen LogP contribution in [0.5, 0.6) is 23.0 Å². The highest BCUT2D eigenvalue weighted by Crippen LogP contribution is 2.37. The standard InChI is InChI=1S/C18H16O7/c1-9(19)24-12-6-5-11-16(18(12)23-4)17(20)15-13(22-3)7-10(21-2)8-14(15)25-11/h5-8H,1-4H3. The lowest BCUT2D eigenvalue weighted by atomic mass is 10.1. The Balaban J connectivity index is 2.46. The van der Waals surface area contributed by atoms with Crippen LogP contribution in [0.1, 0.15) is 6.92 Å². The Morgan fingerprint density at radius 1 is 0.920 bits per heavy atom. The SMILES string of the molecule is COc1cc(OC)c2c(=O)c3c(OC)c(OC(C)=O)ccc3oc2c1. The Labute approximate surface area is 142 Å². The highest BCUT2D eigenvalue weighted by molar-refractivity contribution is 5.98. The zero-order valence-corrected chi connectivity index (χ0v) is 14.2. The summed E-state index contributed by atoms with van der Waals surface area (Å²) in [5, 5.41) is 0.409. The molecule has 0 spiro atoms. The van der Waals surface area contributed by atoms with Gasteiger partial charge in [-0.3, -0.25) is 9.59 Å². The Kier molecular flexibility index (Phi) is 4.22. The topological polar surface area (TPSA) is 84.2 Å². The van der Waals surface area contributed by atoms with Crippen LogP contribution in [-0.2, 0) is 4.79 Å². The number of methoxy groups -OCH3 is 3. The van der Waals surface area contributed by atoms with Gasteiger partial charge < -0.3 is 23.4 Å². The van der Waals surface area contributed by atoms with Gasteiger partial charge in [0.2, 0.25) is 5.43 Å². The van der Waals surface area contributed by atoms with Crippen molar-refractivity contribution in [1.82, 2.24) is 0 Å². The molecule has 0 bridgehead atoms. The van der Waals surface area contributed by atoms with Crippen molar-refractivity contribution in [3.8, 4) is 23.0 Å². The van der Waals surface area contributed by atoms with Crippen molar-refractivity contribution in [2.45, 2.75) is 6.92 Å². The molecule has 0 saturated carbocycles. The van der Waals surface area contributed by atoms with E-state index < -0.39 is 5.97 Å². The molecule has 0 radical (unpaired) electrons. The van der Waals surface area contributed by atoms with Gasteiger partial charge in [-0.2, -0.15) is 0 Å². The van der Waals surface area contributed by atoms with E-state index >= 15 is 0 Å². The highest BCUT2D eigenvalue weighted by Gasteiger charge is 2.20. The number of hydrogen-bond acceptors (Lipinski definition) is 7. The van der Waals surface area contributed by atoms with E-state index in [1.165, 1.54) is 34.3 Å². The third-order valence-electron chi connectivity index (χ3n) is 3.71. The summed E-state index contributed by atoms with van der Waals surface area (Å²) in [5.74, 6) is 0.549. The number of hydrogen-bond donors (Lipinski definition) is 0. The van der Waals surface area contributed by atoms with Crippen LogP contribution in [0.2, 0.25) is 0 Å². The summed E-state index contributed by atoms with van der Waals surface area (Å²) in [4.78, 5) is 24.4. The average molecular weight is 344 g/mol. The smallest absolute Gasteiger partial charge is 0.308 e. The zero-order chi connectivity index (χ0) is 18.1. The van der Waals surface area contributed by atoms with Gasteiger partial charge >= 0.3 is 5.97 Å². The van der Waals surface area contributed by atoms with Crippen molar-refractivity contribution in [2.75, 3.05) is 21.3 Å². The molecule has 0 saturated heterocycles. The number of ether oxygens (including phenoxy) is 4. The first kappa shape index (κ1) is 16.6. The number of esters is 1. The Hall–Kier alpha value is -3.22. The van der Waals surface area contributed by atoms with E-state index in [-0.39, 0.29) is 27.7 Å². The molecule has 0 aliphatic heterocycles. The van der Waals surface area contributed by atoms with E-state index in [1.807, 2.05) is 0 Å². The molecule has 0 unspecified atom stereocenters. The van der Waals surface area contributed by atoms with Gasteiger partial charge in [0.15, 0.2) is 11.5 Å². The molecule has 1 heterocycles. The molecule has 25 heavy (non-hydrogen) atoms. The van der Waals surface area contributed by atoms with E-state index in [9.17, 15) is 9.59 Å². The predicted octanol–water partition coefficient (Wildman–Crippen LogP) is 2.90. The lowest BCUT2D eigenvalue weighted by molar-refractivity contribution is -0.131. The van der Waals surface area contributed by atoms with Crippen LogP contribution >= 0.6 is 0 Å². The Bertz CT molecular complexity index is 1030. The molecule has 2 aromatic carbocycles. The van der Waals surface area contributed by atoms with Crippen molar-refractivity contribution in [3.63, 3.8) is 0 Å². The summed E-state index contributed by atoms with van der Waals surface area (Å²) in [6.07, 6.45) is 0. The van der Waals surface area contributed by atoms with E-state index in [0.29, 0.717) is 22.7 Å². The van der Waals surface area contributed by atoms with Gasteiger partial charge in [0.05, 0.1) is 21.3 Å². The van der Waals surface area contributed by atoms with Crippen LogP contribution in [-0.4, -0.2) is 27.3 Å². The summed E-state index contributed by atoms with van der Waals surface area (Å²) in [7, 11) is 4.34. The minimum Gasteiger partial charge on any atom is -0.496 e. The molecule has 3 aromatic rings.